The third kappa shape index (κ3) is 2.49. The van der Waals surface area contributed by atoms with Gasteiger partial charge in [-0.25, -0.2) is 17.7 Å². The predicted molar refractivity (Wildman–Crippen MR) is 100 cm³/mol. The molecule has 1 aliphatic heterocycles. The Morgan fingerprint density at radius 3 is 2.62 bits per heavy atom. The first-order chi connectivity index (χ1) is 12.3. The van der Waals surface area contributed by atoms with Gasteiger partial charge in [-0.05, 0) is 55.5 Å². The lowest BCUT2D eigenvalue weighted by molar-refractivity contribution is 0.390. The molecular weight excluding hydrogens is 350 g/mol. The van der Waals surface area contributed by atoms with Gasteiger partial charge in [-0.15, -0.1) is 0 Å². The normalized spacial score (nSPS) is 14.4. The van der Waals surface area contributed by atoms with Gasteiger partial charge in [0.1, 0.15) is 11.5 Å². The summed E-state index contributed by atoms with van der Waals surface area (Å²) >= 11 is 0. The van der Waals surface area contributed by atoms with Gasteiger partial charge < -0.3 is 4.52 Å². The van der Waals surface area contributed by atoms with Crippen LogP contribution in [0.4, 0.5) is 5.82 Å². The lowest BCUT2D eigenvalue weighted by Gasteiger charge is -2.18. The Balaban J connectivity index is 1.84. The zero-order valence-corrected chi connectivity index (χ0v) is 16.1. The lowest BCUT2D eigenvalue weighted by atomic mass is 10.0. The summed E-state index contributed by atoms with van der Waals surface area (Å²) in [7, 11) is -3.75. The van der Waals surface area contributed by atoms with E-state index in [0.29, 0.717) is 36.2 Å². The van der Waals surface area contributed by atoms with Gasteiger partial charge >= 0.3 is 0 Å². The summed E-state index contributed by atoms with van der Waals surface area (Å²) in [6.45, 7) is 7.94. The Hall–Kier alpha value is -2.41. The molecule has 0 spiro atoms. The number of anilines is 1. The van der Waals surface area contributed by atoms with E-state index in [1.54, 1.807) is 13.8 Å². The highest BCUT2D eigenvalue weighted by atomic mass is 32.2. The lowest BCUT2D eigenvalue weighted by Crippen LogP contribution is -2.30. The van der Waals surface area contributed by atoms with E-state index < -0.39 is 10.0 Å². The molecule has 0 bridgehead atoms. The van der Waals surface area contributed by atoms with E-state index in [-0.39, 0.29) is 4.90 Å². The number of sulfonamides is 1. The molecule has 0 fully saturated rings. The molecule has 2 aromatic heterocycles. The average molecular weight is 371 g/mol. The number of benzene rings is 1. The van der Waals surface area contributed by atoms with Crippen LogP contribution in [0.25, 0.3) is 10.9 Å². The van der Waals surface area contributed by atoms with Crippen LogP contribution in [-0.4, -0.2) is 25.1 Å². The summed E-state index contributed by atoms with van der Waals surface area (Å²) in [4.78, 5) is 4.81. The average Bonchev–Trinajstić information content (AvgIpc) is 3.15. The Labute approximate surface area is 152 Å². The molecule has 0 saturated heterocycles. The van der Waals surface area contributed by atoms with Gasteiger partial charge in [0, 0.05) is 11.9 Å². The number of aromatic nitrogens is 2. The molecule has 0 unspecified atom stereocenters. The molecule has 0 aliphatic carbocycles. The maximum Gasteiger partial charge on any atom is 0.270 e. The molecule has 0 amide bonds. The van der Waals surface area contributed by atoms with E-state index in [0.717, 1.165) is 16.5 Å². The number of nitrogens with zero attached hydrogens (tertiary/aromatic N) is 3. The van der Waals surface area contributed by atoms with Gasteiger partial charge in [0.2, 0.25) is 0 Å². The van der Waals surface area contributed by atoms with Crippen molar-refractivity contribution in [2.24, 2.45) is 0 Å². The second-order valence-corrected chi connectivity index (χ2v) is 8.86. The molecule has 26 heavy (non-hydrogen) atoms. The Kier molecular flexibility index (Phi) is 3.80. The zero-order valence-electron chi connectivity index (χ0n) is 15.3. The third-order valence-corrected chi connectivity index (χ3v) is 6.93. The number of aryl methyl sites for hydroxylation is 2. The molecule has 0 N–H and O–H groups in total. The summed E-state index contributed by atoms with van der Waals surface area (Å²) in [5.74, 6) is 1.25. The van der Waals surface area contributed by atoms with Crippen LogP contribution in [0.2, 0.25) is 0 Å². The molecule has 0 atom stereocenters. The number of hydrogen-bond donors (Lipinski definition) is 0. The number of fused-ring (bicyclic) bond motifs is 2. The highest BCUT2D eigenvalue weighted by molar-refractivity contribution is 7.93. The Morgan fingerprint density at radius 2 is 1.96 bits per heavy atom. The molecular formula is C19H21N3O3S. The number of hydrogen-bond acceptors (Lipinski definition) is 5. The first-order valence-corrected chi connectivity index (χ1v) is 10.1. The Morgan fingerprint density at radius 1 is 1.19 bits per heavy atom. The summed E-state index contributed by atoms with van der Waals surface area (Å²) < 4.78 is 32.8. The minimum atomic E-state index is -3.75. The van der Waals surface area contributed by atoms with Gasteiger partial charge in [0.05, 0.1) is 5.52 Å². The van der Waals surface area contributed by atoms with Gasteiger partial charge in [-0.2, -0.15) is 0 Å². The second kappa shape index (κ2) is 5.81. The second-order valence-electron chi connectivity index (χ2n) is 7.06. The summed E-state index contributed by atoms with van der Waals surface area (Å²) in [5.41, 5.74) is 3.37. The standard InChI is InChI=1S/C19H21N3O3S/c1-11(2)14-5-6-17-16(9-14)10-15-7-8-22(19(15)20-17)26(23,24)18-12(3)21-25-13(18)4/h5-6,9-11H,7-8H2,1-4H3. The van der Waals surface area contributed by atoms with Crippen LogP contribution in [-0.2, 0) is 16.4 Å². The van der Waals surface area contributed by atoms with E-state index in [2.05, 4.69) is 42.2 Å². The van der Waals surface area contributed by atoms with Crippen molar-refractivity contribution < 1.29 is 12.9 Å². The highest BCUT2D eigenvalue weighted by Gasteiger charge is 2.36. The van der Waals surface area contributed by atoms with Crippen LogP contribution < -0.4 is 4.31 Å². The largest absolute Gasteiger partial charge is 0.360 e. The highest BCUT2D eigenvalue weighted by Crippen LogP contribution is 2.35. The van der Waals surface area contributed by atoms with E-state index in [4.69, 9.17) is 4.52 Å². The molecule has 7 heteroatoms. The van der Waals surface area contributed by atoms with Gasteiger partial charge in [-0.3, -0.25) is 0 Å². The summed E-state index contributed by atoms with van der Waals surface area (Å²) in [6.07, 6.45) is 0.646. The van der Waals surface area contributed by atoms with Crippen molar-refractivity contribution in [2.75, 3.05) is 10.8 Å². The molecule has 6 nitrogen and oxygen atoms in total. The molecule has 0 radical (unpaired) electrons. The smallest absolute Gasteiger partial charge is 0.270 e. The first-order valence-electron chi connectivity index (χ1n) is 8.68. The maximum atomic E-state index is 13.2. The van der Waals surface area contributed by atoms with E-state index in [9.17, 15) is 8.42 Å². The van der Waals surface area contributed by atoms with Crippen molar-refractivity contribution in [3.63, 3.8) is 0 Å². The predicted octanol–water partition coefficient (Wildman–Crippen LogP) is 3.71. The Bertz CT molecular complexity index is 1100. The molecule has 1 aliphatic rings. The summed E-state index contributed by atoms with van der Waals surface area (Å²) in [6, 6.07) is 8.21. The van der Waals surface area contributed by atoms with Gasteiger partial charge in [-0.1, -0.05) is 25.1 Å². The minimum Gasteiger partial charge on any atom is -0.360 e. The molecule has 3 heterocycles. The molecule has 3 aromatic rings. The van der Waals surface area contributed by atoms with Crippen molar-refractivity contribution in [1.29, 1.82) is 0 Å². The number of rotatable bonds is 3. The fraction of sp³-hybridized carbons (Fsp3) is 0.368. The van der Waals surface area contributed by atoms with Crippen molar-refractivity contribution in [1.82, 2.24) is 10.1 Å². The van der Waals surface area contributed by atoms with Crippen LogP contribution in [0, 0.1) is 13.8 Å². The van der Waals surface area contributed by atoms with Crippen LogP contribution in [0.15, 0.2) is 33.7 Å². The monoisotopic (exact) mass is 371 g/mol. The third-order valence-electron chi connectivity index (χ3n) is 4.90. The molecule has 4 rings (SSSR count). The van der Waals surface area contributed by atoms with Crippen molar-refractivity contribution >= 4 is 26.7 Å². The number of pyridine rings is 1. The van der Waals surface area contributed by atoms with Gasteiger partial charge in [0.15, 0.2) is 10.7 Å². The maximum absolute atomic E-state index is 13.2. The van der Waals surface area contributed by atoms with Crippen LogP contribution in [0.5, 0.6) is 0 Å². The fourth-order valence-corrected chi connectivity index (χ4v) is 5.25. The first kappa shape index (κ1) is 17.0. The van der Waals surface area contributed by atoms with E-state index in [1.165, 1.54) is 9.87 Å². The van der Waals surface area contributed by atoms with Crippen molar-refractivity contribution in [3.05, 3.63) is 46.8 Å². The van der Waals surface area contributed by atoms with Crippen molar-refractivity contribution in [3.8, 4) is 0 Å². The molecule has 1 aromatic carbocycles. The van der Waals surface area contributed by atoms with Gasteiger partial charge in [0.25, 0.3) is 10.0 Å². The summed E-state index contributed by atoms with van der Waals surface area (Å²) in [5, 5.41) is 4.83. The van der Waals surface area contributed by atoms with Crippen molar-refractivity contribution in [2.45, 2.75) is 44.9 Å². The molecule has 0 saturated carbocycles. The quantitative estimate of drug-likeness (QED) is 0.701. The van der Waals surface area contributed by atoms with Crippen LogP contribution in [0.1, 0.15) is 42.3 Å². The fourth-order valence-electron chi connectivity index (χ4n) is 3.50. The molecule has 136 valence electrons. The minimum absolute atomic E-state index is 0.141. The van der Waals surface area contributed by atoms with E-state index >= 15 is 0 Å². The van der Waals surface area contributed by atoms with E-state index in [1.807, 2.05) is 6.07 Å². The zero-order chi connectivity index (χ0) is 18.6. The SMILES string of the molecule is Cc1noc(C)c1S(=O)(=O)N1CCc2cc3cc(C(C)C)ccc3nc21. The van der Waals surface area contributed by atoms with Crippen LogP contribution >= 0.6 is 0 Å². The van der Waals surface area contributed by atoms with Crippen LogP contribution in [0.3, 0.4) is 0 Å². The topological polar surface area (TPSA) is 76.3 Å².